The molecule has 5 aromatic carbocycles. The minimum atomic E-state index is 0.639. The van der Waals surface area contributed by atoms with Crippen LogP contribution in [0, 0.1) is 11.3 Å². The smallest absolute Gasteiger partial charge is 0.0991 e. The highest BCUT2D eigenvalue weighted by molar-refractivity contribution is 5.88. The number of pyridine rings is 1. The van der Waals surface area contributed by atoms with E-state index in [2.05, 4.69) is 66.7 Å². The third kappa shape index (κ3) is 4.92. The van der Waals surface area contributed by atoms with Crippen LogP contribution < -0.4 is 0 Å². The number of hydrogen-bond acceptors (Lipinski definition) is 4. The van der Waals surface area contributed by atoms with Crippen LogP contribution in [0.4, 0.5) is 0 Å². The molecule has 4 nitrogen and oxygen atoms in total. The van der Waals surface area contributed by atoms with E-state index in [0.717, 1.165) is 67.2 Å². The second-order valence-corrected chi connectivity index (χ2v) is 10.0. The van der Waals surface area contributed by atoms with Crippen molar-refractivity contribution in [3.63, 3.8) is 0 Å². The van der Waals surface area contributed by atoms with Crippen LogP contribution in [0.1, 0.15) is 5.56 Å². The summed E-state index contributed by atoms with van der Waals surface area (Å²) in [6.45, 7) is 0. The van der Waals surface area contributed by atoms with Crippen LogP contribution in [0.2, 0.25) is 0 Å². The van der Waals surface area contributed by atoms with Crippen molar-refractivity contribution in [3.8, 4) is 62.2 Å². The fourth-order valence-electron chi connectivity index (χ4n) is 5.17. The van der Waals surface area contributed by atoms with E-state index in [4.69, 9.17) is 15.0 Å². The molecule has 42 heavy (non-hydrogen) atoms. The Hall–Kier alpha value is -5.92. The lowest BCUT2D eigenvalue weighted by molar-refractivity contribution is 1.27. The molecule has 0 radical (unpaired) electrons. The number of fused-ring (bicyclic) bond motifs is 1. The molecule has 0 unspecified atom stereocenters. The topological polar surface area (TPSA) is 62.5 Å². The van der Waals surface area contributed by atoms with Crippen molar-refractivity contribution in [1.82, 2.24) is 15.0 Å². The fraction of sp³-hybridized carbons (Fsp3) is 0. The molecule has 0 N–H and O–H groups in total. The fourth-order valence-corrected chi connectivity index (χ4v) is 5.17. The summed E-state index contributed by atoms with van der Waals surface area (Å²) in [6.07, 6.45) is 0. The van der Waals surface area contributed by atoms with E-state index in [1.165, 1.54) is 0 Å². The standard InChI is InChI=1S/C38H24N4/c39-25-26-10-9-15-31(22-26)27-18-20-30(21-19-27)37-38(42-34-17-8-7-16-33(34)41-37)32-23-35(28-11-3-1-4-12-28)40-36(24-32)29-13-5-2-6-14-29/h1-24H. The van der Waals surface area contributed by atoms with Gasteiger partial charge in [-0.3, -0.25) is 0 Å². The second kappa shape index (κ2) is 10.9. The first kappa shape index (κ1) is 25.1. The van der Waals surface area contributed by atoms with Gasteiger partial charge in [-0.05, 0) is 47.5 Å². The molecule has 0 aliphatic carbocycles. The summed E-state index contributed by atoms with van der Waals surface area (Å²) in [4.78, 5) is 15.4. The Morgan fingerprint density at radius 1 is 0.381 bits per heavy atom. The summed E-state index contributed by atoms with van der Waals surface area (Å²) in [7, 11) is 0. The zero-order valence-electron chi connectivity index (χ0n) is 22.6. The molecular formula is C38H24N4. The van der Waals surface area contributed by atoms with Gasteiger partial charge in [-0.1, -0.05) is 109 Å². The summed E-state index contributed by atoms with van der Waals surface area (Å²) in [5, 5.41) is 9.34. The first-order valence-corrected chi connectivity index (χ1v) is 13.8. The van der Waals surface area contributed by atoms with Crippen molar-refractivity contribution in [2.45, 2.75) is 0 Å². The zero-order chi connectivity index (χ0) is 28.3. The van der Waals surface area contributed by atoms with Crippen LogP contribution in [-0.2, 0) is 0 Å². The van der Waals surface area contributed by atoms with Gasteiger partial charge in [-0.15, -0.1) is 0 Å². The average Bonchev–Trinajstić information content (AvgIpc) is 3.08. The Morgan fingerprint density at radius 3 is 1.45 bits per heavy atom. The highest BCUT2D eigenvalue weighted by Crippen LogP contribution is 2.36. The van der Waals surface area contributed by atoms with Crippen molar-refractivity contribution in [2.24, 2.45) is 0 Å². The quantitative estimate of drug-likeness (QED) is 0.220. The van der Waals surface area contributed by atoms with E-state index >= 15 is 0 Å². The molecule has 0 amide bonds. The Bertz CT molecular complexity index is 2020. The summed E-state index contributed by atoms with van der Waals surface area (Å²) in [6, 6.07) is 50.8. The van der Waals surface area contributed by atoms with Gasteiger partial charge in [0.1, 0.15) is 0 Å². The van der Waals surface area contributed by atoms with E-state index in [0.29, 0.717) is 5.56 Å². The molecule has 0 atom stereocenters. The molecule has 0 saturated carbocycles. The van der Waals surface area contributed by atoms with Gasteiger partial charge in [0.15, 0.2) is 0 Å². The zero-order valence-corrected chi connectivity index (χ0v) is 22.6. The first-order valence-electron chi connectivity index (χ1n) is 13.8. The van der Waals surface area contributed by atoms with Crippen molar-refractivity contribution in [2.75, 3.05) is 0 Å². The molecule has 0 saturated heterocycles. The van der Waals surface area contributed by atoms with Crippen LogP contribution in [0.25, 0.3) is 67.2 Å². The molecule has 2 aromatic heterocycles. The van der Waals surface area contributed by atoms with Gasteiger partial charge >= 0.3 is 0 Å². The Kier molecular flexibility index (Phi) is 6.52. The number of rotatable bonds is 5. The minimum absolute atomic E-state index is 0.639. The lowest BCUT2D eigenvalue weighted by atomic mass is 9.97. The molecule has 0 fully saturated rings. The maximum atomic E-state index is 9.34. The van der Waals surface area contributed by atoms with Gasteiger partial charge in [-0.25, -0.2) is 15.0 Å². The number of aromatic nitrogens is 3. The molecular weight excluding hydrogens is 512 g/mol. The molecule has 7 rings (SSSR count). The lowest BCUT2D eigenvalue weighted by Crippen LogP contribution is -1.98. The number of hydrogen-bond donors (Lipinski definition) is 0. The van der Waals surface area contributed by atoms with Gasteiger partial charge in [-0.2, -0.15) is 5.26 Å². The maximum absolute atomic E-state index is 9.34. The molecule has 7 aromatic rings. The average molecular weight is 537 g/mol. The lowest BCUT2D eigenvalue weighted by Gasteiger charge is -2.14. The van der Waals surface area contributed by atoms with Crippen molar-refractivity contribution >= 4 is 11.0 Å². The van der Waals surface area contributed by atoms with Gasteiger partial charge in [0.05, 0.1) is 45.4 Å². The molecule has 4 heteroatoms. The number of benzene rings is 5. The predicted octanol–water partition coefficient (Wildman–Crippen LogP) is 9.23. The third-order valence-corrected chi connectivity index (χ3v) is 7.29. The van der Waals surface area contributed by atoms with Crippen molar-refractivity contribution in [3.05, 3.63) is 151 Å². The summed E-state index contributed by atoms with van der Waals surface area (Å²) < 4.78 is 0. The molecule has 0 spiro atoms. The SMILES string of the molecule is N#Cc1cccc(-c2ccc(-c3nc4ccccc4nc3-c3cc(-c4ccccc4)nc(-c4ccccc4)c3)cc2)c1. The summed E-state index contributed by atoms with van der Waals surface area (Å²) in [5.41, 5.74) is 11.7. The highest BCUT2D eigenvalue weighted by atomic mass is 14.8. The van der Waals surface area contributed by atoms with Crippen LogP contribution in [-0.4, -0.2) is 15.0 Å². The Labute approximate surface area is 244 Å². The number of nitrogens with zero attached hydrogens (tertiary/aromatic N) is 4. The van der Waals surface area contributed by atoms with E-state index in [1.54, 1.807) is 0 Å². The van der Waals surface area contributed by atoms with Crippen molar-refractivity contribution in [1.29, 1.82) is 5.26 Å². The van der Waals surface area contributed by atoms with Crippen LogP contribution in [0.5, 0.6) is 0 Å². The van der Waals surface area contributed by atoms with E-state index in [-0.39, 0.29) is 0 Å². The minimum Gasteiger partial charge on any atom is -0.248 e. The van der Waals surface area contributed by atoms with Gasteiger partial charge in [0, 0.05) is 22.3 Å². The number of nitriles is 1. The van der Waals surface area contributed by atoms with Crippen molar-refractivity contribution < 1.29 is 0 Å². The van der Waals surface area contributed by atoms with Gasteiger partial charge < -0.3 is 0 Å². The van der Waals surface area contributed by atoms with E-state index in [9.17, 15) is 5.26 Å². The Balaban J connectivity index is 1.42. The van der Waals surface area contributed by atoms with E-state index < -0.39 is 0 Å². The van der Waals surface area contributed by atoms with Gasteiger partial charge in [0.2, 0.25) is 0 Å². The predicted molar refractivity (Wildman–Crippen MR) is 169 cm³/mol. The number of para-hydroxylation sites is 2. The maximum Gasteiger partial charge on any atom is 0.0991 e. The Morgan fingerprint density at radius 2 is 0.881 bits per heavy atom. The second-order valence-electron chi connectivity index (χ2n) is 10.0. The van der Waals surface area contributed by atoms with Crippen LogP contribution in [0.15, 0.2) is 146 Å². The molecule has 0 bridgehead atoms. The molecule has 196 valence electrons. The van der Waals surface area contributed by atoms with E-state index in [1.807, 2.05) is 84.9 Å². The largest absolute Gasteiger partial charge is 0.248 e. The normalized spacial score (nSPS) is 10.8. The summed E-state index contributed by atoms with van der Waals surface area (Å²) in [5.74, 6) is 0. The monoisotopic (exact) mass is 536 g/mol. The van der Waals surface area contributed by atoms with Gasteiger partial charge in [0.25, 0.3) is 0 Å². The first-order chi connectivity index (χ1) is 20.7. The summed E-state index contributed by atoms with van der Waals surface area (Å²) >= 11 is 0. The van der Waals surface area contributed by atoms with Crippen LogP contribution in [0.3, 0.4) is 0 Å². The third-order valence-electron chi connectivity index (χ3n) is 7.29. The molecule has 0 aliphatic heterocycles. The molecule has 2 heterocycles. The molecule has 0 aliphatic rings. The van der Waals surface area contributed by atoms with Crippen LogP contribution >= 0.6 is 0 Å². The highest BCUT2D eigenvalue weighted by Gasteiger charge is 2.17.